The SMILES string of the molecule is CC(C)OCCn1c(N)nnc1SCC(=O)O. The van der Waals surface area contributed by atoms with Crippen molar-refractivity contribution in [3.8, 4) is 0 Å². The van der Waals surface area contributed by atoms with Gasteiger partial charge in [0.25, 0.3) is 0 Å². The molecular weight excluding hydrogens is 244 g/mol. The van der Waals surface area contributed by atoms with E-state index in [1.165, 1.54) is 0 Å². The molecule has 3 N–H and O–H groups in total. The van der Waals surface area contributed by atoms with E-state index < -0.39 is 5.97 Å². The average Bonchev–Trinajstić information content (AvgIpc) is 2.57. The van der Waals surface area contributed by atoms with Crippen LogP contribution in [0.3, 0.4) is 0 Å². The molecule has 1 rings (SSSR count). The van der Waals surface area contributed by atoms with Gasteiger partial charge < -0.3 is 15.6 Å². The molecule has 0 aromatic carbocycles. The first kappa shape index (κ1) is 13.8. The van der Waals surface area contributed by atoms with E-state index in [0.29, 0.717) is 18.3 Å². The molecule has 0 bridgehead atoms. The zero-order valence-electron chi connectivity index (χ0n) is 9.79. The lowest BCUT2D eigenvalue weighted by Gasteiger charge is -2.10. The summed E-state index contributed by atoms with van der Waals surface area (Å²) in [6.45, 7) is 4.88. The van der Waals surface area contributed by atoms with Gasteiger partial charge in [0.15, 0.2) is 5.16 Å². The number of aromatic nitrogens is 3. The van der Waals surface area contributed by atoms with Crippen molar-refractivity contribution in [1.82, 2.24) is 14.8 Å². The summed E-state index contributed by atoms with van der Waals surface area (Å²) in [6, 6.07) is 0. The number of anilines is 1. The minimum Gasteiger partial charge on any atom is -0.481 e. The van der Waals surface area contributed by atoms with Crippen molar-refractivity contribution in [3.05, 3.63) is 0 Å². The fraction of sp³-hybridized carbons (Fsp3) is 0.667. The molecule has 96 valence electrons. The van der Waals surface area contributed by atoms with Crippen LogP contribution in [0, 0.1) is 0 Å². The molecule has 0 aliphatic carbocycles. The third-order valence-corrected chi connectivity index (χ3v) is 2.79. The van der Waals surface area contributed by atoms with Crippen LogP contribution in [0.2, 0.25) is 0 Å². The fourth-order valence-corrected chi connectivity index (χ4v) is 1.81. The molecule has 7 nitrogen and oxygen atoms in total. The Kier molecular flexibility index (Phi) is 5.23. The van der Waals surface area contributed by atoms with Crippen LogP contribution in [-0.4, -0.2) is 44.3 Å². The minimum absolute atomic E-state index is 0.0663. The van der Waals surface area contributed by atoms with Gasteiger partial charge >= 0.3 is 5.97 Å². The summed E-state index contributed by atoms with van der Waals surface area (Å²) in [4.78, 5) is 10.5. The molecule has 0 fully saturated rings. The number of hydrogen-bond acceptors (Lipinski definition) is 6. The van der Waals surface area contributed by atoms with Gasteiger partial charge in [-0.3, -0.25) is 9.36 Å². The lowest BCUT2D eigenvalue weighted by Crippen LogP contribution is -2.13. The van der Waals surface area contributed by atoms with Crippen LogP contribution in [0.1, 0.15) is 13.8 Å². The number of carboxylic acid groups (broad SMARTS) is 1. The molecule has 0 aliphatic heterocycles. The third kappa shape index (κ3) is 4.61. The first-order chi connectivity index (χ1) is 8.00. The minimum atomic E-state index is -0.901. The summed E-state index contributed by atoms with van der Waals surface area (Å²) < 4.78 is 7.04. The maximum absolute atomic E-state index is 10.5. The number of rotatable bonds is 7. The summed E-state index contributed by atoms with van der Waals surface area (Å²) >= 11 is 1.09. The topological polar surface area (TPSA) is 103 Å². The van der Waals surface area contributed by atoms with Crippen LogP contribution in [0.25, 0.3) is 0 Å². The van der Waals surface area contributed by atoms with E-state index in [1.807, 2.05) is 13.8 Å². The number of nitrogens with two attached hydrogens (primary N) is 1. The number of aliphatic carboxylic acids is 1. The van der Waals surface area contributed by atoms with E-state index in [0.717, 1.165) is 11.8 Å². The third-order valence-electron chi connectivity index (χ3n) is 1.84. The summed E-state index contributed by atoms with van der Waals surface area (Å²) in [5.41, 5.74) is 5.64. The van der Waals surface area contributed by atoms with Gasteiger partial charge in [0, 0.05) is 0 Å². The second kappa shape index (κ2) is 6.45. The van der Waals surface area contributed by atoms with Crippen LogP contribution >= 0.6 is 11.8 Å². The standard InChI is InChI=1S/C9H16N4O3S/c1-6(2)16-4-3-13-8(10)11-12-9(13)17-5-7(14)15/h6H,3-5H2,1-2H3,(H2,10,11)(H,14,15). The smallest absolute Gasteiger partial charge is 0.313 e. The molecule has 1 heterocycles. The molecule has 8 heteroatoms. The Hall–Kier alpha value is -1.28. The van der Waals surface area contributed by atoms with Gasteiger partial charge in [0.1, 0.15) is 0 Å². The van der Waals surface area contributed by atoms with E-state index in [4.69, 9.17) is 15.6 Å². The number of ether oxygens (including phenoxy) is 1. The van der Waals surface area contributed by atoms with Crippen LogP contribution < -0.4 is 5.73 Å². The number of carbonyl (C=O) groups is 1. The molecule has 1 aromatic heterocycles. The molecular formula is C9H16N4O3S. The Balaban J connectivity index is 2.56. The van der Waals surface area contributed by atoms with E-state index >= 15 is 0 Å². The van der Waals surface area contributed by atoms with Crippen molar-refractivity contribution in [3.63, 3.8) is 0 Å². The summed E-state index contributed by atoms with van der Waals surface area (Å²) in [5, 5.41) is 16.6. The number of carboxylic acids is 1. The van der Waals surface area contributed by atoms with Gasteiger partial charge in [-0.15, -0.1) is 10.2 Å². The van der Waals surface area contributed by atoms with Gasteiger partial charge in [0.05, 0.1) is 25.0 Å². The van der Waals surface area contributed by atoms with E-state index in [1.54, 1.807) is 4.57 Å². The van der Waals surface area contributed by atoms with Crippen LogP contribution in [0.5, 0.6) is 0 Å². The molecule has 0 unspecified atom stereocenters. The van der Waals surface area contributed by atoms with E-state index in [2.05, 4.69) is 10.2 Å². The lowest BCUT2D eigenvalue weighted by atomic mass is 10.5. The molecule has 0 spiro atoms. The van der Waals surface area contributed by atoms with Gasteiger partial charge in [0.2, 0.25) is 5.95 Å². The van der Waals surface area contributed by atoms with Crippen LogP contribution in [0.4, 0.5) is 5.95 Å². The number of nitrogen functional groups attached to an aromatic ring is 1. The van der Waals surface area contributed by atoms with Gasteiger partial charge in [-0.05, 0) is 13.8 Å². The van der Waals surface area contributed by atoms with Crippen LogP contribution in [0.15, 0.2) is 5.16 Å². The molecule has 0 atom stereocenters. The van der Waals surface area contributed by atoms with Crippen molar-refractivity contribution >= 4 is 23.7 Å². The molecule has 17 heavy (non-hydrogen) atoms. The first-order valence-corrected chi connectivity index (χ1v) is 6.14. The summed E-state index contributed by atoms with van der Waals surface area (Å²) in [6.07, 6.45) is 0.142. The molecule has 0 saturated carbocycles. The zero-order valence-corrected chi connectivity index (χ0v) is 10.6. The molecule has 0 aliphatic rings. The highest BCUT2D eigenvalue weighted by Gasteiger charge is 2.11. The van der Waals surface area contributed by atoms with Gasteiger partial charge in [-0.2, -0.15) is 0 Å². The van der Waals surface area contributed by atoms with Crippen molar-refractivity contribution in [1.29, 1.82) is 0 Å². The summed E-state index contributed by atoms with van der Waals surface area (Å²) in [7, 11) is 0. The van der Waals surface area contributed by atoms with Gasteiger partial charge in [-0.25, -0.2) is 0 Å². The Morgan fingerprint density at radius 1 is 1.59 bits per heavy atom. The lowest BCUT2D eigenvalue weighted by molar-refractivity contribution is -0.133. The zero-order chi connectivity index (χ0) is 12.8. The van der Waals surface area contributed by atoms with Crippen molar-refractivity contribution in [2.75, 3.05) is 18.1 Å². The Morgan fingerprint density at radius 2 is 2.29 bits per heavy atom. The number of hydrogen-bond donors (Lipinski definition) is 2. The van der Waals surface area contributed by atoms with E-state index in [-0.39, 0.29) is 17.8 Å². The highest BCUT2D eigenvalue weighted by molar-refractivity contribution is 7.99. The molecule has 0 amide bonds. The maximum Gasteiger partial charge on any atom is 0.313 e. The average molecular weight is 260 g/mol. The molecule has 1 aromatic rings. The van der Waals surface area contributed by atoms with E-state index in [9.17, 15) is 4.79 Å². The predicted octanol–water partition coefficient (Wildman–Crippen LogP) is 0.462. The Labute approximate surface area is 103 Å². The van der Waals surface area contributed by atoms with Crippen molar-refractivity contribution < 1.29 is 14.6 Å². The fourth-order valence-electron chi connectivity index (χ4n) is 1.12. The van der Waals surface area contributed by atoms with Crippen LogP contribution in [-0.2, 0) is 16.1 Å². The highest BCUT2D eigenvalue weighted by atomic mass is 32.2. The quantitative estimate of drug-likeness (QED) is 0.686. The first-order valence-electron chi connectivity index (χ1n) is 5.15. The largest absolute Gasteiger partial charge is 0.481 e. The van der Waals surface area contributed by atoms with Gasteiger partial charge in [-0.1, -0.05) is 11.8 Å². The highest BCUT2D eigenvalue weighted by Crippen LogP contribution is 2.17. The Morgan fingerprint density at radius 3 is 2.88 bits per heavy atom. The molecule has 0 saturated heterocycles. The Bertz CT molecular complexity index is 380. The predicted molar refractivity (Wildman–Crippen MR) is 63.9 cm³/mol. The number of nitrogens with zero attached hydrogens (tertiary/aromatic N) is 3. The number of thioether (sulfide) groups is 1. The normalized spacial score (nSPS) is 11.0. The maximum atomic E-state index is 10.5. The van der Waals surface area contributed by atoms with Crippen molar-refractivity contribution in [2.45, 2.75) is 31.7 Å². The second-order valence-electron chi connectivity index (χ2n) is 3.59. The second-order valence-corrected chi connectivity index (χ2v) is 4.54. The molecule has 0 radical (unpaired) electrons. The van der Waals surface area contributed by atoms with Crippen molar-refractivity contribution in [2.24, 2.45) is 0 Å². The monoisotopic (exact) mass is 260 g/mol. The summed E-state index contributed by atoms with van der Waals surface area (Å²) in [5.74, 6) is -0.699.